The SMILES string of the molecule is NCc1ccc(NC(=O)c2ccc3ccccc3c2O)cc1. The lowest BCUT2D eigenvalue weighted by Crippen LogP contribution is -2.12. The van der Waals surface area contributed by atoms with Gasteiger partial charge >= 0.3 is 0 Å². The smallest absolute Gasteiger partial charge is 0.259 e. The number of rotatable bonds is 3. The average molecular weight is 292 g/mol. The number of benzene rings is 3. The molecule has 0 saturated heterocycles. The molecule has 0 atom stereocenters. The maximum absolute atomic E-state index is 12.3. The molecule has 1 amide bonds. The van der Waals surface area contributed by atoms with Crippen molar-refractivity contribution in [3.63, 3.8) is 0 Å². The largest absolute Gasteiger partial charge is 0.506 e. The van der Waals surface area contributed by atoms with Crippen LogP contribution in [0.25, 0.3) is 10.8 Å². The molecule has 4 heteroatoms. The minimum Gasteiger partial charge on any atom is -0.506 e. The third-order valence-electron chi connectivity index (χ3n) is 3.59. The number of phenolic OH excluding ortho intramolecular Hbond substituents is 1. The molecule has 0 aliphatic carbocycles. The summed E-state index contributed by atoms with van der Waals surface area (Å²) in [5.74, 6) is -0.349. The minimum atomic E-state index is -0.344. The molecule has 4 N–H and O–H groups in total. The van der Waals surface area contributed by atoms with Crippen molar-refractivity contribution in [3.05, 3.63) is 71.8 Å². The first kappa shape index (κ1) is 14.1. The second kappa shape index (κ2) is 5.87. The summed E-state index contributed by atoms with van der Waals surface area (Å²) in [6, 6.07) is 18.1. The topological polar surface area (TPSA) is 75.3 Å². The van der Waals surface area contributed by atoms with Crippen molar-refractivity contribution >= 4 is 22.4 Å². The third kappa shape index (κ3) is 2.64. The Balaban J connectivity index is 1.89. The number of phenols is 1. The standard InChI is InChI=1S/C18H16N2O2/c19-11-12-5-8-14(9-6-12)20-18(22)16-10-7-13-3-1-2-4-15(13)17(16)21/h1-10,21H,11,19H2,(H,20,22). The van der Waals surface area contributed by atoms with Gasteiger partial charge in [-0.1, -0.05) is 42.5 Å². The molecular weight excluding hydrogens is 276 g/mol. The van der Waals surface area contributed by atoms with E-state index in [0.717, 1.165) is 10.9 Å². The van der Waals surface area contributed by atoms with Gasteiger partial charge < -0.3 is 16.2 Å². The molecule has 22 heavy (non-hydrogen) atoms. The van der Waals surface area contributed by atoms with E-state index in [1.165, 1.54) is 0 Å². The molecule has 0 saturated carbocycles. The highest BCUT2D eigenvalue weighted by molar-refractivity contribution is 6.09. The summed E-state index contributed by atoms with van der Waals surface area (Å²) in [4.78, 5) is 12.3. The fourth-order valence-electron chi connectivity index (χ4n) is 2.36. The number of hydrogen-bond acceptors (Lipinski definition) is 3. The first-order valence-electron chi connectivity index (χ1n) is 7.00. The number of amides is 1. The van der Waals surface area contributed by atoms with Gasteiger partial charge in [-0.15, -0.1) is 0 Å². The number of aromatic hydroxyl groups is 1. The van der Waals surface area contributed by atoms with Crippen LogP contribution < -0.4 is 11.1 Å². The Morgan fingerprint density at radius 1 is 1.00 bits per heavy atom. The molecular formula is C18H16N2O2. The molecule has 4 nitrogen and oxygen atoms in total. The summed E-state index contributed by atoms with van der Waals surface area (Å²) in [5.41, 5.74) is 7.45. The number of carbonyl (C=O) groups is 1. The van der Waals surface area contributed by atoms with Crippen molar-refractivity contribution in [3.8, 4) is 5.75 Å². The van der Waals surface area contributed by atoms with Crippen LogP contribution in [0.2, 0.25) is 0 Å². The first-order valence-corrected chi connectivity index (χ1v) is 7.00. The zero-order valence-electron chi connectivity index (χ0n) is 11.9. The molecule has 3 aromatic carbocycles. The monoisotopic (exact) mass is 292 g/mol. The van der Waals surface area contributed by atoms with Crippen molar-refractivity contribution in [2.75, 3.05) is 5.32 Å². The lowest BCUT2D eigenvalue weighted by Gasteiger charge is -2.09. The Labute approximate surface area is 128 Å². The van der Waals surface area contributed by atoms with Crippen LogP contribution in [-0.2, 0) is 6.54 Å². The van der Waals surface area contributed by atoms with Crippen molar-refractivity contribution in [1.82, 2.24) is 0 Å². The van der Waals surface area contributed by atoms with E-state index in [9.17, 15) is 9.90 Å². The van der Waals surface area contributed by atoms with E-state index in [0.29, 0.717) is 17.6 Å². The molecule has 0 spiro atoms. The van der Waals surface area contributed by atoms with Gasteiger partial charge in [0.25, 0.3) is 5.91 Å². The van der Waals surface area contributed by atoms with E-state index in [2.05, 4.69) is 5.32 Å². The molecule has 3 rings (SSSR count). The Morgan fingerprint density at radius 2 is 1.73 bits per heavy atom. The fourth-order valence-corrected chi connectivity index (χ4v) is 2.36. The highest BCUT2D eigenvalue weighted by Crippen LogP contribution is 2.29. The zero-order chi connectivity index (χ0) is 15.5. The summed E-state index contributed by atoms with van der Waals surface area (Å²) in [6.07, 6.45) is 0. The van der Waals surface area contributed by atoms with Gasteiger partial charge in [0.15, 0.2) is 0 Å². The van der Waals surface area contributed by atoms with Gasteiger partial charge in [0.2, 0.25) is 0 Å². The Morgan fingerprint density at radius 3 is 2.45 bits per heavy atom. The predicted molar refractivity (Wildman–Crippen MR) is 87.9 cm³/mol. The number of anilines is 1. The van der Waals surface area contributed by atoms with E-state index in [1.807, 2.05) is 36.4 Å². The second-order valence-electron chi connectivity index (χ2n) is 5.04. The first-order chi connectivity index (χ1) is 10.7. The van der Waals surface area contributed by atoms with E-state index in [4.69, 9.17) is 5.73 Å². The molecule has 0 aliphatic rings. The normalized spacial score (nSPS) is 10.6. The highest BCUT2D eigenvalue weighted by atomic mass is 16.3. The minimum absolute atomic E-state index is 0.00539. The quantitative estimate of drug-likeness (QED) is 0.693. The summed E-state index contributed by atoms with van der Waals surface area (Å²) in [7, 11) is 0. The maximum Gasteiger partial charge on any atom is 0.259 e. The lowest BCUT2D eigenvalue weighted by atomic mass is 10.0. The maximum atomic E-state index is 12.3. The van der Waals surface area contributed by atoms with E-state index >= 15 is 0 Å². The van der Waals surface area contributed by atoms with Gasteiger partial charge in [-0.2, -0.15) is 0 Å². The van der Waals surface area contributed by atoms with Crippen molar-refractivity contribution in [2.24, 2.45) is 5.73 Å². The van der Waals surface area contributed by atoms with E-state index in [-0.39, 0.29) is 17.2 Å². The second-order valence-corrected chi connectivity index (χ2v) is 5.04. The molecule has 0 bridgehead atoms. The molecule has 0 aliphatic heterocycles. The molecule has 0 fully saturated rings. The predicted octanol–water partition coefficient (Wildman–Crippen LogP) is 3.26. The van der Waals surface area contributed by atoms with E-state index in [1.54, 1.807) is 24.3 Å². The van der Waals surface area contributed by atoms with Crippen molar-refractivity contribution < 1.29 is 9.90 Å². The third-order valence-corrected chi connectivity index (χ3v) is 3.59. The van der Waals surface area contributed by atoms with Gasteiger partial charge in [-0.05, 0) is 29.1 Å². The van der Waals surface area contributed by atoms with Gasteiger partial charge in [0.05, 0.1) is 5.56 Å². The Hall–Kier alpha value is -2.85. The van der Waals surface area contributed by atoms with Gasteiger partial charge in [-0.25, -0.2) is 0 Å². The van der Waals surface area contributed by atoms with Crippen LogP contribution in [-0.4, -0.2) is 11.0 Å². The number of carbonyl (C=O) groups excluding carboxylic acids is 1. The van der Waals surface area contributed by atoms with Crippen LogP contribution in [0.4, 0.5) is 5.69 Å². The van der Waals surface area contributed by atoms with Crippen LogP contribution in [0.3, 0.4) is 0 Å². The number of hydrogen-bond donors (Lipinski definition) is 3. The van der Waals surface area contributed by atoms with Crippen molar-refractivity contribution in [1.29, 1.82) is 0 Å². The summed E-state index contributed by atoms with van der Waals surface area (Å²) in [6.45, 7) is 0.458. The zero-order valence-corrected chi connectivity index (χ0v) is 11.9. The highest BCUT2D eigenvalue weighted by Gasteiger charge is 2.13. The molecule has 110 valence electrons. The molecule has 0 aromatic heterocycles. The van der Waals surface area contributed by atoms with Crippen LogP contribution in [0, 0.1) is 0 Å². The van der Waals surface area contributed by atoms with Gasteiger partial charge in [-0.3, -0.25) is 4.79 Å². The number of nitrogens with two attached hydrogens (primary N) is 1. The summed E-state index contributed by atoms with van der Waals surface area (Å²) in [5, 5.41) is 14.6. The lowest BCUT2D eigenvalue weighted by molar-refractivity contribution is 0.102. The van der Waals surface area contributed by atoms with E-state index < -0.39 is 0 Å². The number of nitrogens with one attached hydrogen (secondary N) is 1. The fraction of sp³-hybridized carbons (Fsp3) is 0.0556. The Kier molecular flexibility index (Phi) is 3.76. The molecule has 0 unspecified atom stereocenters. The van der Waals surface area contributed by atoms with Gasteiger partial charge in [0, 0.05) is 17.6 Å². The van der Waals surface area contributed by atoms with Gasteiger partial charge in [0.1, 0.15) is 5.75 Å². The van der Waals surface area contributed by atoms with Crippen LogP contribution >= 0.6 is 0 Å². The summed E-state index contributed by atoms with van der Waals surface area (Å²) < 4.78 is 0. The average Bonchev–Trinajstić information content (AvgIpc) is 2.56. The molecule has 0 heterocycles. The van der Waals surface area contributed by atoms with Crippen LogP contribution in [0.5, 0.6) is 5.75 Å². The van der Waals surface area contributed by atoms with Crippen LogP contribution in [0.15, 0.2) is 60.7 Å². The molecule has 0 radical (unpaired) electrons. The van der Waals surface area contributed by atoms with Crippen LogP contribution in [0.1, 0.15) is 15.9 Å². The Bertz CT molecular complexity index is 826. The van der Waals surface area contributed by atoms with Crippen molar-refractivity contribution in [2.45, 2.75) is 6.54 Å². The summed E-state index contributed by atoms with van der Waals surface area (Å²) >= 11 is 0. The number of fused-ring (bicyclic) bond motifs is 1. The molecule has 3 aromatic rings.